The summed E-state index contributed by atoms with van der Waals surface area (Å²) in [5.41, 5.74) is 1.26. The van der Waals surface area contributed by atoms with Gasteiger partial charge in [0.1, 0.15) is 0 Å². The molecule has 1 saturated heterocycles. The van der Waals surface area contributed by atoms with Crippen LogP contribution >= 0.6 is 0 Å². The molecule has 17 heavy (non-hydrogen) atoms. The molecule has 1 amide bonds. The van der Waals surface area contributed by atoms with Gasteiger partial charge < -0.3 is 10.4 Å². The first-order chi connectivity index (χ1) is 8.33. The highest BCUT2D eigenvalue weighted by Gasteiger charge is 2.31. The van der Waals surface area contributed by atoms with E-state index >= 15 is 0 Å². The highest BCUT2D eigenvalue weighted by molar-refractivity contribution is 5.47. The molecule has 1 aliphatic rings. The third kappa shape index (κ3) is 3.05. The molecule has 92 valence electrons. The van der Waals surface area contributed by atoms with Crippen LogP contribution in [-0.4, -0.2) is 42.2 Å². The van der Waals surface area contributed by atoms with E-state index in [4.69, 9.17) is 0 Å². The third-order valence-electron chi connectivity index (χ3n) is 3.28. The fraction of sp³-hybridized carbons (Fsp3) is 0.462. The van der Waals surface area contributed by atoms with Crippen molar-refractivity contribution in [2.75, 3.05) is 19.7 Å². The molecule has 1 aromatic rings. The third-order valence-corrected chi connectivity index (χ3v) is 3.28. The Morgan fingerprint density at radius 2 is 2.12 bits per heavy atom. The summed E-state index contributed by atoms with van der Waals surface area (Å²) in [7, 11) is 0. The number of aliphatic hydroxyl groups is 1. The van der Waals surface area contributed by atoms with E-state index in [1.807, 2.05) is 18.2 Å². The van der Waals surface area contributed by atoms with Gasteiger partial charge in [-0.15, -0.1) is 0 Å². The second kappa shape index (κ2) is 5.80. The van der Waals surface area contributed by atoms with Crippen LogP contribution in [0.2, 0.25) is 0 Å². The standard InChI is InChI=1S/C13H18N2O2/c16-9-12-7-15(8-13(12)14-10-17)6-11-4-2-1-3-5-11/h1-5,10,12-13,16H,6-9H2,(H,14,17)/t12-,13?/m1/s1. The lowest BCUT2D eigenvalue weighted by molar-refractivity contribution is -0.110. The number of hydrogen-bond acceptors (Lipinski definition) is 3. The summed E-state index contributed by atoms with van der Waals surface area (Å²) in [6, 6.07) is 10.3. The number of carbonyl (C=O) groups is 1. The van der Waals surface area contributed by atoms with Crippen molar-refractivity contribution >= 4 is 6.41 Å². The molecule has 1 aromatic carbocycles. The maximum atomic E-state index is 10.5. The van der Waals surface area contributed by atoms with Gasteiger partial charge in [0.15, 0.2) is 0 Å². The average Bonchev–Trinajstić information content (AvgIpc) is 2.73. The van der Waals surface area contributed by atoms with Gasteiger partial charge in [-0.05, 0) is 5.56 Å². The number of likely N-dealkylation sites (tertiary alicyclic amines) is 1. The monoisotopic (exact) mass is 234 g/mol. The topological polar surface area (TPSA) is 52.6 Å². The van der Waals surface area contributed by atoms with Crippen LogP contribution in [0.3, 0.4) is 0 Å². The Kier molecular flexibility index (Phi) is 4.12. The summed E-state index contributed by atoms with van der Waals surface area (Å²) >= 11 is 0. The number of nitrogens with one attached hydrogen (secondary N) is 1. The Morgan fingerprint density at radius 3 is 2.76 bits per heavy atom. The Hall–Kier alpha value is -1.39. The zero-order valence-corrected chi connectivity index (χ0v) is 9.75. The molecule has 0 radical (unpaired) electrons. The maximum absolute atomic E-state index is 10.5. The summed E-state index contributed by atoms with van der Waals surface area (Å²) in [4.78, 5) is 12.7. The molecule has 1 aliphatic heterocycles. The number of carbonyl (C=O) groups excluding carboxylic acids is 1. The molecule has 2 atom stereocenters. The van der Waals surface area contributed by atoms with Gasteiger partial charge >= 0.3 is 0 Å². The van der Waals surface area contributed by atoms with Crippen LogP contribution in [0.15, 0.2) is 30.3 Å². The van der Waals surface area contributed by atoms with E-state index in [1.165, 1.54) is 5.56 Å². The van der Waals surface area contributed by atoms with Gasteiger partial charge in [-0.25, -0.2) is 0 Å². The van der Waals surface area contributed by atoms with E-state index in [-0.39, 0.29) is 18.6 Å². The molecule has 4 heteroatoms. The number of benzene rings is 1. The number of nitrogens with zero attached hydrogens (tertiary/aromatic N) is 1. The van der Waals surface area contributed by atoms with Crippen LogP contribution in [-0.2, 0) is 11.3 Å². The summed E-state index contributed by atoms with van der Waals surface area (Å²) in [5, 5.41) is 12.0. The van der Waals surface area contributed by atoms with Crippen LogP contribution in [0.4, 0.5) is 0 Å². The lowest BCUT2D eigenvalue weighted by Gasteiger charge is -2.15. The smallest absolute Gasteiger partial charge is 0.207 e. The summed E-state index contributed by atoms with van der Waals surface area (Å²) < 4.78 is 0. The molecule has 1 fully saturated rings. The first kappa shape index (κ1) is 12.1. The molecule has 0 spiro atoms. The molecule has 0 aromatic heterocycles. The predicted molar refractivity (Wildman–Crippen MR) is 65.3 cm³/mol. The summed E-state index contributed by atoms with van der Waals surface area (Å²) in [6.45, 7) is 2.63. The Morgan fingerprint density at radius 1 is 1.35 bits per heavy atom. The fourth-order valence-electron chi connectivity index (χ4n) is 2.39. The minimum absolute atomic E-state index is 0.0706. The van der Waals surface area contributed by atoms with Gasteiger partial charge in [0, 0.05) is 38.2 Å². The Bertz CT molecular complexity index is 356. The lowest BCUT2D eigenvalue weighted by atomic mass is 10.1. The van der Waals surface area contributed by atoms with Gasteiger partial charge in [-0.1, -0.05) is 30.3 Å². The van der Waals surface area contributed by atoms with Gasteiger partial charge in [-0.3, -0.25) is 9.69 Å². The van der Waals surface area contributed by atoms with Crippen molar-refractivity contribution in [2.24, 2.45) is 5.92 Å². The van der Waals surface area contributed by atoms with Crippen LogP contribution in [0.25, 0.3) is 0 Å². The SMILES string of the molecule is O=CNC1CN(Cc2ccccc2)C[C@@H]1CO. The highest BCUT2D eigenvalue weighted by atomic mass is 16.3. The zero-order chi connectivity index (χ0) is 12.1. The summed E-state index contributed by atoms with van der Waals surface area (Å²) in [5.74, 6) is 0.143. The van der Waals surface area contributed by atoms with Crippen LogP contribution in [0, 0.1) is 5.92 Å². The molecule has 0 bridgehead atoms. The Labute approximate surface area is 101 Å². The number of hydrogen-bond donors (Lipinski definition) is 2. The average molecular weight is 234 g/mol. The molecule has 4 nitrogen and oxygen atoms in total. The molecule has 0 saturated carbocycles. The second-order valence-corrected chi connectivity index (χ2v) is 4.51. The van der Waals surface area contributed by atoms with Crippen LogP contribution < -0.4 is 5.32 Å². The fourth-order valence-corrected chi connectivity index (χ4v) is 2.39. The quantitative estimate of drug-likeness (QED) is 0.717. The largest absolute Gasteiger partial charge is 0.396 e. The van der Waals surface area contributed by atoms with Gasteiger partial charge in [-0.2, -0.15) is 0 Å². The highest BCUT2D eigenvalue weighted by Crippen LogP contribution is 2.18. The molecule has 0 aliphatic carbocycles. The van der Waals surface area contributed by atoms with E-state index in [0.717, 1.165) is 26.0 Å². The van der Waals surface area contributed by atoms with Crippen molar-refractivity contribution in [3.63, 3.8) is 0 Å². The van der Waals surface area contributed by atoms with E-state index < -0.39 is 0 Å². The minimum Gasteiger partial charge on any atom is -0.396 e. The Balaban J connectivity index is 1.93. The van der Waals surface area contributed by atoms with E-state index in [2.05, 4.69) is 22.3 Å². The molecular formula is C13H18N2O2. The van der Waals surface area contributed by atoms with E-state index in [0.29, 0.717) is 0 Å². The van der Waals surface area contributed by atoms with E-state index in [9.17, 15) is 9.90 Å². The van der Waals surface area contributed by atoms with Crippen molar-refractivity contribution in [2.45, 2.75) is 12.6 Å². The molecule has 2 rings (SSSR count). The minimum atomic E-state index is 0.0706. The van der Waals surface area contributed by atoms with E-state index in [1.54, 1.807) is 0 Å². The van der Waals surface area contributed by atoms with Crippen molar-refractivity contribution in [1.29, 1.82) is 0 Å². The first-order valence-corrected chi connectivity index (χ1v) is 5.90. The number of rotatable bonds is 5. The van der Waals surface area contributed by atoms with Crippen LogP contribution in [0.1, 0.15) is 5.56 Å². The molecule has 2 N–H and O–H groups in total. The van der Waals surface area contributed by atoms with Crippen molar-refractivity contribution in [1.82, 2.24) is 10.2 Å². The van der Waals surface area contributed by atoms with Gasteiger partial charge in [0.05, 0.1) is 0 Å². The van der Waals surface area contributed by atoms with Gasteiger partial charge in [0.25, 0.3) is 0 Å². The van der Waals surface area contributed by atoms with Crippen LogP contribution in [0.5, 0.6) is 0 Å². The first-order valence-electron chi connectivity index (χ1n) is 5.90. The number of amides is 1. The normalized spacial score (nSPS) is 24.8. The lowest BCUT2D eigenvalue weighted by Crippen LogP contribution is -2.36. The van der Waals surface area contributed by atoms with Crippen molar-refractivity contribution in [3.8, 4) is 0 Å². The van der Waals surface area contributed by atoms with Crippen molar-refractivity contribution in [3.05, 3.63) is 35.9 Å². The molecular weight excluding hydrogens is 216 g/mol. The molecule has 1 heterocycles. The van der Waals surface area contributed by atoms with Gasteiger partial charge in [0.2, 0.25) is 6.41 Å². The predicted octanol–water partition coefficient (Wildman–Crippen LogP) is 0.225. The second-order valence-electron chi connectivity index (χ2n) is 4.51. The number of aliphatic hydroxyl groups excluding tert-OH is 1. The summed E-state index contributed by atoms with van der Waals surface area (Å²) in [6.07, 6.45) is 0.722. The van der Waals surface area contributed by atoms with Crippen molar-refractivity contribution < 1.29 is 9.90 Å². The molecule has 1 unspecified atom stereocenters. The zero-order valence-electron chi connectivity index (χ0n) is 9.75. The maximum Gasteiger partial charge on any atom is 0.207 e.